The van der Waals surface area contributed by atoms with Crippen molar-refractivity contribution in [3.8, 4) is 11.6 Å². The van der Waals surface area contributed by atoms with Gasteiger partial charge in [0, 0.05) is 16.5 Å². The first-order valence-electron chi connectivity index (χ1n) is 9.36. The predicted octanol–water partition coefficient (Wildman–Crippen LogP) is 4.42. The van der Waals surface area contributed by atoms with Crippen LogP contribution in [-0.4, -0.2) is 39.2 Å². The number of aldehydes is 1. The fraction of sp³-hybridized carbons (Fsp3) is 0.350. The SMILES string of the molecule is Cc1sc2nc(CN3CCCC3)nc(Oc3cc(C=O)ccc3[N+](=O)[O-])c2c1C. The summed E-state index contributed by atoms with van der Waals surface area (Å²) in [5.74, 6) is 0.914. The standard InChI is InChI=1S/C20H20N4O4S/c1-12-13(2)29-20-18(12)19(21-17(22-20)10-23-7-3-4-8-23)28-16-9-14(11-25)5-6-15(16)24(26)27/h5-6,9,11H,3-4,7-8,10H2,1-2H3. The van der Waals surface area contributed by atoms with Crippen molar-refractivity contribution >= 4 is 33.5 Å². The van der Waals surface area contributed by atoms with E-state index >= 15 is 0 Å². The largest absolute Gasteiger partial charge is 0.431 e. The fourth-order valence-corrected chi connectivity index (χ4v) is 4.52. The zero-order valence-electron chi connectivity index (χ0n) is 16.2. The van der Waals surface area contributed by atoms with Gasteiger partial charge in [-0.1, -0.05) is 0 Å². The molecular weight excluding hydrogens is 392 g/mol. The zero-order chi connectivity index (χ0) is 20.5. The van der Waals surface area contributed by atoms with Gasteiger partial charge in [-0.3, -0.25) is 19.8 Å². The Kier molecular flexibility index (Phi) is 5.25. The van der Waals surface area contributed by atoms with E-state index in [-0.39, 0.29) is 17.3 Å². The van der Waals surface area contributed by atoms with Crippen molar-refractivity contribution in [2.24, 2.45) is 0 Å². The number of rotatable bonds is 6. The van der Waals surface area contributed by atoms with Gasteiger partial charge in [-0.25, -0.2) is 4.98 Å². The molecule has 1 aliphatic heterocycles. The Hall–Kier alpha value is -2.91. The second-order valence-electron chi connectivity index (χ2n) is 7.10. The molecule has 3 aromatic rings. The van der Waals surface area contributed by atoms with Crippen LogP contribution in [0.5, 0.6) is 11.6 Å². The van der Waals surface area contributed by atoms with E-state index < -0.39 is 4.92 Å². The monoisotopic (exact) mass is 412 g/mol. The van der Waals surface area contributed by atoms with E-state index in [9.17, 15) is 14.9 Å². The number of nitro benzene ring substituents is 1. The highest BCUT2D eigenvalue weighted by molar-refractivity contribution is 7.18. The van der Waals surface area contributed by atoms with Gasteiger partial charge in [0.25, 0.3) is 0 Å². The van der Waals surface area contributed by atoms with E-state index in [0.717, 1.165) is 46.6 Å². The average Bonchev–Trinajstić information content (AvgIpc) is 3.29. The highest BCUT2D eigenvalue weighted by Crippen LogP contribution is 2.39. The molecule has 1 saturated heterocycles. The normalized spacial score (nSPS) is 14.4. The van der Waals surface area contributed by atoms with Gasteiger partial charge in [-0.05, 0) is 57.5 Å². The third-order valence-corrected chi connectivity index (χ3v) is 6.23. The van der Waals surface area contributed by atoms with Gasteiger partial charge in [0.1, 0.15) is 16.9 Å². The van der Waals surface area contributed by atoms with Crippen molar-refractivity contribution in [3.63, 3.8) is 0 Å². The Balaban J connectivity index is 1.81. The number of aromatic nitrogens is 2. The lowest BCUT2D eigenvalue weighted by atomic mass is 10.2. The van der Waals surface area contributed by atoms with E-state index in [0.29, 0.717) is 24.2 Å². The number of nitro groups is 1. The summed E-state index contributed by atoms with van der Waals surface area (Å²) in [4.78, 5) is 35.6. The van der Waals surface area contributed by atoms with Gasteiger partial charge >= 0.3 is 5.69 Å². The zero-order valence-corrected chi connectivity index (χ0v) is 17.0. The fourth-order valence-electron chi connectivity index (χ4n) is 3.48. The maximum absolute atomic E-state index is 11.4. The lowest BCUT2D eigenvalue weighted by molar-refractivity contribution is -0.385. The Labute approximate surface area is 171 Å². The molecule has 8 nitrogen and oxygen atoms in total. The van der Waals surface area contributed by atoms with Gasteiger partial charge in [0.2, 0.25) is 11.6 Å². The molecule has 1 aliphatic rings. The topological polar surface area (TPSA) is 98.5 Å². The number of carbonyl (C=O) groups excluding carboxylic acids is 1. The Bertz CT molecular complexity index is 1110. The van der Waals surface area contributed by atoms with E-state index in [2.05, 4.69) is 9.88 Å². The van der Waals surface area contributed by atoms with Crippen LogP contribution in [0.15, 0.2) is 18.2 Å². The van der Waals surface area contributed by atoms with Crippen LogP contribution in [-0.2, 0) is 6.54 Å². The van der Waals surface area contributed by atoms with Crippen LogP contribution in [0.4, 0.5) is 5.69 Å². The number of aryl methyl sites for hydroxylation is 2. The number of ether oxygens (including phenoxy) is 1. The van der Waals surface area contributed by atoms with E-state index in [1.165, 1.54) is 18.2 Å². The van der Waals surface area contributed by atoms with Crippen LogP contribution < -0.4 is 4.74 Å². The lowest BCUT2D eigenvalue weighted by Crippen LogP contribution is -2.20. The first-order valence-corrected chi connectivity index (χ1v) is 10.2. The number of benzene rings is 1. The number of thiophene rings is 1. The molecule has 29 heavy (non-hydrogen) atoms. The summed E-state index contributed by atoms with van der Waals surface area (Å²) in [5.41, 5.74) is 1.07. The summed E-state index contributed by atoms with van der Waals surface area (Å²) in [6.07, 6.45) is 2.95. The summed E-state index contributed by atoms with van der Waals surface area (Å²) in [5, 5.41) is 12.2. The smallest absolute Gasteiger partial charge is 0.311 e. The van der Waals surface area contributed by atoms with Crippen LogP contribution in [0.2, 0.25) is 0 Å². The van der Waals surface area contributed by atoms with Crippen molar-refractivity contribution in [1.82, 2.24) is 14.9 Å². The van der Waals surface area contributed by atoms with E-state index in [1.807, 2.05) is 13.8 Å². The van der Waals surface area contributed by atoms with Gasteiger partial charge in [-0.15, -0.1) is 11.3 Å². The van der Waals surface area contributed by atoms with Gasteiger partial charge in [0.05, 0.1) is 16.9 Å². The van der Waals surface area contributed by atoms with E-state index in [1.54, 1.807) is 11.3 Å². The maximum Gasteiger partial charge on any atom is 0.311 e. The predicted molar refractivity (Wildman–Crippen MR) is 110 cm³/mol. The number of nitrogens with zero attached hydrogens (tertiary/aromatic N) is 4. The lowest BCUT2D eigenvalue weighted by Gasteiger charge is -2.14. The third-order valence-electron chi connectivity index (χ3n) is 5.13. The summed E-state index contributed by atoms with van der Waals surface area (Å²) < 4.78 is 5.96. The van der Waals surface area contributed by atoms with Crippen molar-refractivity contribution in [1.29, 1.82) is 0 Å². The second-order valence-corrected chi connectivity index (χ2v) is 8.30. The molecule has 3 heterocycles. The molecule has 4 rings (SSSR count). The first kappa shape index (κ1) is 19.4. The Morgan fingerprint density at radius 1 is 1.28 bits per heavy atom. The number of fused-ring (bicyclic) bond motifs is 1. The number of hydrogen-bond donors (Lipinski definition) is 0. The van der Waals surface area contributed by atoms with Crippen molar-refractivity contribution in [3.05, 3.63) is 50.1 Å². The number of hydrogen-bond acceptors (Lipinski definition) is 8. The summed E-state index contributed by atoms with van der Waals surface area (Å²) in [6, 6.07) is 4.04. The Morgan fingerprint density at radius 3 is 2.72 bits per heavy atom. The van der Waals surface area contributed by atoms with Crippen LogP contribution in [0.25, 0.3) is 10.2 Å². The minimum absolute atomic E-state index is 0.00465. The molecule has 2 aromatic heterocycles. The second kappa shape index (κ2) is 7.84. The molecular formula is C20H20N4O4S. The van der Waals surface area contributed by atoms with Crippen molar-refractivity contribution in [2.45, 2.75) is 33.2 Å². The minimum atomic E-state index is -0.529. The molecule has 0 amide bonds. The summed E-state index contributed by atoms with van der Waals surface area (Å²) >= 11 is 1.55. The quantitative estimate of drug-likeness (QED) is 0.336. The average molecular weight is 412 g/mol. The molecule has 0 unspecified atom stereocenters. The maximum atomic E-state index is 11.4. The third kappa shape index (κ3) is 3.83. The Morgan fingerprint density at radius 2 is 2.03 bits per heavy atom. The molecule has 0 radical (unpaired) electrons. The molecule has 0 bridgehead atoms. The molecule has 0 aliphatic carbocycles. The number of likely N-dealkylation sites (tertiary alicyclic amines) is 1. The van der Waals surface area contributed by atoms with Crippen LogP contribution >= 0.6 is 11.3 Å². The van der Waals surface area contributed by atoms with Crippen molar-refractivity contribution in [2.75, 3.05) is 13.1 Å². The van der Waals surface area contributed by atoms with Gasteiger partial charge < -0.3 is 4.74 Å². The molecule has 9 heteroatoms. The molecule has 0 N–H and O–H groups in total. The van der Waals surface area contributed by atoms with Gasteiger partial charge in [-0.2, -0.15) is 4.98 Å². The summed E-state index contributed by atoms with van der Waals surface area (Å²) in [7, 11) is 0. The molecule has 150 valence electrons. The van der Waals surface area contributed by atoms with Crippen LogP contribution in [0, 0.1) is 24.0 Å². The summed E-state index contributed by atoms with van der Waals surface area (Å²) in [6.45, 7) is 6.58. The van der Waals surface area contributed by atoms with Crippen molar-refractivity contribution < 1.29 is 14.5 Å². The molecule has 0 atom stereocenters. The highest BCUT2D eigenvalue weighted by atomic mass is 32.1. The first-order chi connectivity index (χ1) is 14.0. The molecule has 1 aromatic carbocycles. The van der Waals surface area contributed by atoms with E-state index in [4.69, 9.17) is 9.72 Å². The van der Waals surface area contributed by atoms with Crippen LogP contribution in [0.1, 0.15) is 39.5 Å². The minimum Gasteiger partial charge on any atom is -0.431 e. The number of carbonyl (C=O) groups is 1. The molecule has 0 saturated carbocycles. The molecule has 0 spiro atoms. The highest BCUT2D eigenvalue weighted by Gasteiger charge is 2.22. The van der Waals surface area contributed by atoms with Crippen LogP contribution in [0.3, 0.4) is 0 Å². The van der Waals surface area contributed by atoms with Gasteiger partial charge in [0.15, 0.2) is 0 Å². The molecule has 1 fully saturated rings.